The minimum Gasteiger partial charge on any atom is -0.242 e. The Labute approximate surface area is 68.3 Å². The number of rotatable bonds is 0. The number of hydrogen-bond donors (Lipinski definition) is 2. The van der Waals surface area contributed by atoms with Crippen LogP contribution in [-0.2, 0) is 0 Å². The van der Waals surface area contributed by atoms with Gasteiger partial charge >= 0.3 is 0 Å². The molecule has 0 heterocycles. The molecule has 0 aliphatic heterocycles. The van der Waals surface area contributed by atoms with E-state index in [1.165, 1.54) is 44.5 Å². The van der Waals surface area contributed by atoms with E-state index in [-0.39, 0.29) is 0 Å². The highest BCUT2D eigenvalue weighted by Crippen LogP contribution is 2.09. The molecule has 62 valence electrons. The first-order chi connectivity index (χ1) is 5.41. The summed E-state index contributed by atoms with van der Waals surface area (Å²) in [4.78, 5) is 0. The molecule has 0 saturated carbocycles. The van der Waals surface area contributed by atoms with Crippen molar-refractivity contribution in [3.8, 4) is 0 Å². The summed E-state index contributed by atoms with van der Waals surface area (Å²) < 4.78 is 0. The van der Waals surface area contributed by atoms with Crippen LogP contribution in [-0.4, -0.2) is 6.01 Å². The second-order valence-electron chi connectivity index (χ2n) is 2.59. The molecule has 2 heteroatoms. The highest BCUT2D eigenvalue weighted by molar-refractivity contribution is 5.29. The monoisotopic (exact) mass is 152 g/mol. The molecular formula is C9H16N2. The van der Waals surface area contributed by atoms with Crippen LogP contribution in [0.4, 0.5) is 0 Å². The summed E-state index contributed by atoms with van der Waals surface area (Å²) in [7, 11) is 0. The molecule has 2 nitrogen and oxygen atoms in total. The normalized spacial score (nSPS) is 19.6. The van der Waals surface area contributed by atoms with E-state index in [1.54, 1.807) is 0 Å². The van der Waals surface area contributed by atoms with E-state index in [4.69, 9.17) is 10.8 Å². The lowest BCUT2D eigenvalue weighted by Gasteiger charge is -2.00. The summed E-state index contributed by atoms with van der Waals surface area (Å²) in [5.74, 6) is 0. The Morgan fingerprint density at radius 3 is 1.55 bits per heavy atom. The van der Waals surface area contributed by atoms with Gasteiger partial charge in [-0.25, -0.2) is 10.8 Å². The van der Waals surface area contributed by atoms with Gasteiger partial charge in [-0.05, 0) is 25.7 Å². The summed E-state index contributed by atoms with van der Waals surface area (Å²) in [5, 5.41) is 11.2. The number of hydrogen-bond acceptors (Lipinski definition) is 2. The summed E-state index contributed by atoms with van der Waals surface area (Å²) in [5.41, 5.74) is 0. The lowest BCUT2D eigenvalue weighted by atomic mass is 10.1. The van der Waals surface area contributed by atoms with E-state index in [1.807, 2.05) is 0 Å². The standard InChI is InChI=1S/C8H14.CH2N2/c1-2-4-6-8-7-5-3-1;2-1-3/h1-2H,3-8H2;2-3H/b2-1-;. The largest absolute Gasteiger partial charge is 0.242 e. The van der Waals surface area contributed by atoms with Gasteiger partial charge in [0.2, 0.25) is 0 Å². The molecule has 0 aromatic carbocycles. The van der Waals surface area contributed by atoms with Gasteiger partial charge in [0.05, 0.1) is 6.01 Å². The third kappa shape index (κ3) is 9.12. The lowest BCUT2D eigenvalue weighted by Crippen LogP contribution is -1.80. The second kappa shape index (κ2) is 9.12. The van der Waals surface area contributed by atoms with Crippen LogP contribution >= 0.6 is 0 Å². The Bertz CT molecular complexity index is 122. The topological polar surface area (TPSA) is 47.7 Å². The smallest absolute Gasteiger partial charge is 0.0831 e. The molecular weight excluding hydrogens is 136 g/mol. The van der Waals surface area contributed by atoms with Crippen LogP contribution in [0.5, 0.6) is 0 Å². The third-order valence-corrected chi connectivity index (χ3v) is 1.66. The summed E-state index contributed by atoms with van der Waals surface area (Å²) in [6.07, 6.45) is 13.0. The Hall–Kier alpha value is -0.880. The van der Waals surface area contributed by atoms with Crippen molar-refractivity contribution in [2.75, 3.05) is 0 Å². The summed E-state index contributed by atoms with van der Waals surface area (Å²) in [6.45, 7) is 0. The first-order valence-corrected chi connectivity index (χ1v) is 4.15. The van der Waals surface area contributed by atoms with Gasteiger partial charge in [0, 0.05) is 0 Å². The molecule has 0 spiro atoms. The first kappa shape index (κ1) is 10.1. The van der Waals surface area contributed by atoms with Gasteiger partial charge in [0.1, 0.15) is 0 Å². The van der Waals surface area contributed by atoms with Crippen LogP contribution < -0.4 is 0 Å². The van der Waals surface area contributed by atoms with Gasteiger partial charge in [-0.2, -0.15) is 0 Å². The van der Waals surface area contributed by atoms with E-state index in [0.29, 0.717) is 0 Å². The van der Waals surface area contributed by atoms with Crippen molar-refractivity contribution in [1.29, 1.82) is 10.8 Å². The quantitative estimate of drug-likeness (QED) is 0.395. The van der Waals surface area contributed by atoms with Gasteiger partial charge in [-0.15, -0.1) is 0 Å². The number of allylic oxidation sites excluding steroid dienone is 2. The molecule has 1 rings (SSSR count). The van der Waals surface area contributed by atoms with E-state index in [2.05, 4.69) is 12.2 Å². The van der Waals surface area contributed by atoms with Crippen LogP contribution in [0.25, 0.3) is 0 Å². The SMILES string of the molecule is C1=C\CCCCCC/1.N=C=N. The van der Waals surface area contributed by atoms with Crippen LogP contribution in [0.1, 0.15) is 38.5 Å². The van der Waals surface area contributed by atoms with Gasteiger partial charge in [0.15, 0.2) is 0 Å². The minimum atomic E-state index is 1.25. The average Bonchev–Trinajstić information content (AvgIpc) is 1.86. The van der Waals surface area contributed by atoms with E-state index < -0.39 is 0 Å². The van der Waals surface area contributed by atoms with Crippen molar-refractivity contribution in [3.05, 3.63) is 12.2 Å². The van der Waals surface area contributed by atoms with Crippen molar-refractivity contribution in [2.45, 2.75) is 38.5 Å². The molecule has 0 unspecified atom stereocenters. The van der Waals surface area contributed by atoms with Crippen molar-refractivity contribution >= 4 is 6.01 Å². The minimum absolute atomic E-state index is 1.25. The van der Waals surface area contributed by atoms with E-state index in [9.17, 15) is 0 Å². The zero-order valence-corrected chi connectivity index (χ0v) is 6.90. The van der Waals surface area contributed by atoms with E-state index in [0.717, 1.165) is 0 Å². The maximum atomic E-state index is 5.62. The third-order valence-electron chi connectivity index (χ3n) is 1.66. The van der Waals surface area contributed by atoms with Crippen LogP contribution in [0.15, 0.2) is 12.2 Å². The van der Waals surface area contributed by atoms with Crippen LogP contribution in [0, 0.1) is 10.8 Å². The molecule has 1 aliphatic rings. The first-order valence-electron chi connectivity index (χ1n) is 4.15. The fraction of sp³-hybridized carbons (Fsp3) is 0.667. The van der Waals surface area contributed by atoms with Crippen molar-refractivity contribution < 1.29 is 0 Å². The molecule has 0 aromatic heterocycles. The molecule has 2 N–H and O–H groups in total. The van der Waals surface area contributed by atoms with Gasteiger partial charge < -0.3 is 0 Å². The predicted octanol–water partition coefficient (Wildman–Crippen LogP) is 3.21. The molecule has 0 amide bonds. The van der Waals surface area contributed by atoms with Gasteiger partial charge in [-0.3, -0.25) is 0 Å². The summed E-state index contributed by atoms with van der Waals surface area (Å²) >= 11 is 0. The Kier molecular flexibility index (Phi) is 8.39. The predicted molar refractivity (Wildman–Crippen MR) is 47.3 cm³/mol. The zero-order valence-electron chi connectivity index (χ0n) is 6.90. The molecule has 0 aromatic rings. The maximum Gasteiger partial charge on any atom is 0.0831 e. The molecule has 1 aliphatic carbocycles. The van der Waals surface area contributed by atoms with Gasteiger partial charge in [-0.1, -0.05) is 25.0 Å². The highest BCUT2D eigenvalue weighted by Gasteiger charge is 1.89. The second-order valence-corrected chi connectivity index (χ2v) is 2.59. The fourth-order valence-corrected chi connectivity index (χ4v) is 1.11. The average molecular weight is 152 g/mol. The molecule has 0 saturated heterocycles. The van der Waals surface area contributed by atoms with Crippen molar-refractivity contribution in [2.24, 2.45) is 0 Å². The van der Waals surface area contributed by atoms with E-state index >= 15 is 0 Å². The fourth-order valence-electron chi connectivity index (χ4n) is 1.11. The maximum absolute atomic E-state index is 5.62. The molecule has 0 radical (unpaired) electrons. The van der Waals surface area contributed by atoms with Gasteiger partial charge in [0.25, 0.3) is 0 Å². The Morgan fingerprint density at radius 1 is 0.818 bits per heavy atom. The molecule has 11 heavy (non-hydrogen) atoms. The zero-order chi connectivity index (χ0) is 8.36. The molecule has 0 bridgehead atoms. The molecule has 0 atom stereocenters. The Morgan fingerprint density at radius 2 is 1.18 bits per heavy atom. The summed E-state index contributed by atoms with van der Waals surface area (Å²) in [6, 6.07) is 1.25. The lowest BCUT2D eigenvalue weighted by molar-refractivity contribution is 0.638. The van der Waals surface area contributed by atoms with Crippen molar-refractivity contribution in [3.63, 3.8) is 0 Å². The number of nitrogens with one attached hydrogen (secondary N) is 2. The van der Waals surface area contributed by atoms with Crippen LogP contribution in [0.3, 0.4) is 0 Å². The Balaban J connectivity index is 0.000000292. The van der Waals surface area contributed by atoms with Crippen molar-refractivity contribution in [1.82, 2.24) is 0 Å². The highest BCUT2D eigenvalue weighted by atomic mass is 14.4. The van der Waals surface area contributed by atoms with Crippen LogP contribution in [0.2, 0.25) is 0 Å². The molecule has 0 fully saturated rings.